The van der Waals surface area contributed by atoms with E-state index in [1.165, 1.54) is 5.56 Å². The van der Waals surface area contributed by atoms with Crippen LogP contribution in [0.5, 0.6) is 0 Å². The molecule has 4 rings (SSSR count). The monoisotopic (exact) mass is 358 g/mol. The molecule has 0 saturated carbocycles. The molecule has 2 nitrogen and oxygen atoms in total. The molecule has 2 heteroatoms. The van der Waals surface area contributed by atoms with Gasteiger partial charge in [-0.15, -0.1) is 0 Å². The molecule has 0 aliphatic heterocycles. The molecule has 1 aromatic carbocycles. The molecule has 0 bridgehead atoms. The Balaban J connectivity index is 1.65. The van der Waals surface area contributed by atoms with Crippen LogP contribution in [-0.2, 0) is 5.41 Å². The summed E-state index contributed by atoms with van der Waals surface area (Å²) in [6, 6.07) is 18.1. The third kappa shape index (κ3) is 4.09. The van der Waals surface area contributed by atoms with E-state index in [0.29, 0.717) is 0 Å². The summed E-state index contributed by atoms with van der Waals surface area (Å²) in [5.74, 6) is 13.2. The van der Waals surface area contributed by atoms with Crippen molar-refractivity contribution in [1.82, 2.24) is 9.97 Å². The molecule has 28 heavy (non-hydrogen) atoms. The second kappa shape index (κ2) is 8.21. The summed E-state index contributed by atoms with van der Waals surface area (Å²) in [6.07, 6.45) is 14.2. The molecule has 2 heterocycles. The maximum absolute atomic E-state index is 4.06. The first kappa shape index (κ1) is 17.5. The molecular weight excluding hydrogens is 340 g/mol. The fourth-order valence-corrected chi connectivity index (χ4v) is 3.04. The Morgan fingerprint density at radius 3 is 1.96 bits per heavy atom. The van der Waals surface area contributed by atoms with Gasteiger partial charge in [0.15, 0.2) is 0 Å². The van der Waals surface area contributed by atoms with Crippen LogP contribution in [0.4, 0.5) is 0 Å². The van der Waals surface area contributed by atoms with Gasteiger partial charge in [0.25, 0.3) is 0 Å². The van der Waals surface area contributed by atoms with Crippen molar-refractivity contribution in [3.05, 3.63) is 120 Å². The number of benzene rings is 1. The van der Waals surface area contributed by atoms with Crippen LogP contribution in [0, 0.1) is 23.7 Å². The summed E-state index contributed by atoms with van der Waals surface area (Å²) in [5, 5.41) is 0. The van der Waals surface area contributed by atoms with Crippen molar-refractivity contribution in [2.45, 2.75) is 11.8 Å². The maximum Gasteiger partial charge on any atom is 0.0784 e. The van der Waals surface area contributed by atoms with E-state index in [0.717, 1.165) is 23.1 Å². The lowest BCUT2D eigenvalue weighted by Gasteiger charge is -2.27. The summed E-state index contributed by atoms with van der Waals surface area (Å²) >= 11 is 0. The first-order valence-electron chi connectivity index (χ1n) is 9.14. The average molecular weight is 358 g/mol. The van der Waals surface area contributed by atoms with Crippen LogP contribution in [0.15, 0.2) is 103 Å². The zero-order chi connectivity index (χ0) is 19.1. The molecule has 0 radical (unpaired) electrons. The van der Waals surface area contributed by atoms with E-state index in [-0.39, 0.29) is 5.41 Å². The molecule has 1 aliphatic rings. The summed E-state index contributed by atoms with van der Waals surface area (Å²) in [6.45, 7) is 0. The Bertz CT molecular complexity index is 1120. The third-order valence-electron chi connectivity index (χ3n) is 4.62. The summed E-state index contributed by atoms with van der Waals surface area (Å²) in [5.41, 5.74) is 3.76. The minimum Gasteiger partial charge on any atom is -0.265 e. The molecule has 1 unspecified atom stereocenters. The van der Waals surface area contributed by atoms with Gasteiger partial charge in [-0.3, -0.25) is 9.97 Å². The zero-order valence-electron chi connectivity index (χ0n) is 15.3. The summed E-state index contributed by atoms with van der Waals surface area (Å²) < 4.78 is 0. The van der Waals surface area contributed by atoms with Crippen LogP contribution in [0.2, 0.25) is 0 Å². The Morgan fingerprint density at radius 2 is 1.36 bits per heavy atom. The number of hydrogen-bond donors (Lipinski definition) is 0. The number of hydrogen-bond acceptors (Lipinski definition) is 2. The number of allylic oxidation sites excluding steroid dienone is 4. The molecule has 2 aromatic heterocycles. The molecule has 0 spiro atoms. The highest BCUT2D eigenvalue weighted by Crippen LogP contribution is 2.33. The molecule has 1 aliphatic carbocycles. The molecular formula is C26H18N2. The highest BCUT2D eigenvalue weighted by Gasteiger charge is 2.28. The van der Waals surface area contributed by atoms with Gasteiger partial charge < -0.3 is 0 Å². The highest BCUT2D eigenvalue weighted by molar-refractivity contribution is 5.53. The van der Waals surface area contributed by atoms with Gasteiger partial charge in [-0.2, -0.15) is 0 Å². The predicted octanol–water partition coefficient (Wildman–Crippen LogP) is 4.70. The summed E-state index contributed by atoms with van der Waals surface area (Å²) in [4.78, 5) is 8.08. The average Bonchev–Trinajstić information content (AvgIpc) is 2.79. The molecule has 1 atom stereocenters. The molecule has 0 fully saturated rings. The van der Waals surface area contributed by atoms with E-state index in [9.17, 15) is 0 Å². The second-order valence-corrected chi connectivity index (χ2v) is 6.51. The smallest absolute Gasteiger partial charge is 0.0784 e. The van der Waals surface area contributed by atoms with Crippen LogP contribution in [0.3, 0.4) is 0 Å². The van der Waals surface area contributed by atoms with Gasteiger partial charge >= 0.3 is 0 Å². The number of rotatable bonds is 1. The van der Waals surface area contributed by atoms with E-state index in [1.807, 2.05) is 30.3 Å². The molecule has 0 N–H and O–H groups in total. The maximum atomic E-state index is 4.06. The second-order valence-electron chi connectivity index (χ2n) is 6.51. The van der Waals surface area contributed by atoms with Gasteiger partial charge in [-0.05, 0) is 42.3 Å². The first-order chi connectivity index (χ1) is 13.8. The van der Waals surface area contributed by atoms with Gasteiger partial charge in [0, 0.05) is 41.5 Å². The highest BCUT2D eigenvalue weighted by atomic mass is 14.6. The fourth-order valence-electron chi connectivity index (χ4n) is 3.04. The van der Waals surface area contributed by atoms with E-state index in [2.05, 4.69) is 76.1 Å². The minimum atomic E-state index is -0.355. The van der Waals surface area contributed by atoms with Crippen molar-refractivity contribution in [3.8, 4) is 23.7 Å². The lowest BCUT2D eigenvalue weighted by molar-refractivity contribution is 0.699. The van der Waals surface area contributed by atoms with Crippen LogP contribution >= 0.6 is 0 Å². The quantitative estimate of drug-likeness (QED) is 0.589. The van der Waals surface area contributed by atoms with Crippen molar-refractivity contribution in [3.63, 3.8) is 0 Å². The third-order valence-corrected chi connectivity index (χ3v) is 4.62. The Kier molecular flexibility index (Phi) is 5.14. The largest absolute Gasteiger partial charge is 0.265 e. The van der Waals surface area contributed by atoms with Crippen LogP contribution < -0.4 is 0 Å². The first-order valence-corrected chi connectivity index (χ1v) is 9.14. The lowest BCUT2D eigenvalue weighted by atomic mass is 9.75. The van der Waals surface area contributed by atoms with Gasteiger partial charge in [-0.1, -0.05) is 66.2 Å². The fraction of sp³-hybridized carbons (Fsp3) is 0.0769. The predicted molar refractivity (Wildman–Crippen MR) is 112 cm³/mol. The van der Waals surface area contributed by atoms with E-state index in [4.69, 9.17) is 0 Å². The van der Waals surface area contributed by atoms with Gasteiger partial charge in [0.2, 0.25) is 0 Å². The van der Waals surface area contributed by atoms with E-state index < -0.39 is 0 Å². The SMILES string of the molecule is C(#Cc1ccncc1)C1=CCC(C#Cc2ccncc2)(c2ccccc2)C=C1. The van der Waals surface area contributed by atoms with Crippen molar-refractivity contribution in [2.24, 2.45) is 0 Å². The Morgan fingerprint density at radius 1 is 0.714 bits per heavy atom. The van der Waals surface area contributed by atoms with Gasteiger partial charge in [0.05, 0.1) is 5.41 Å². The minimum absolute atomic E-state index is 0.355. The topological polar surface area (TPSA) is 25.8 Å². The zero-order valence-corrected chi connectivity index (χ0v) is 15.3. The van der Waals surface area contributed by atoms with Crippen LogP contribution in [-0.4, -0.2) is 9.97 Å². The van der Waals surface area contributed by atoms with Crippen molar-refractivity contribution in [1.29, 1.82) is 0 Å². The number of nitrogens with zero attached hydrogens (tertiary/aromatic N) is 2. The van der Waals surface area contributed by atoms with Gasteiger partial charge in [0.1, 0.15) is 0 Å². The molecule has 0 amide bonds. The summed E-state index contributed by atoms with van der Waals surface area (Å²) in [7, 11) is 0. The number of pyridine rings is 2. The lowest BCUT2D eigenvalue weighted by Crippen LogP contribution is -2.22. The van der Waals surface area contributed by atoms with Crippen molar-refractivity contribution < 1.29 is 0 Å². The Labute approximate surface area is 165 Å². The van der Waals surface area contributed by atoms with Gasteiger partial charge in [-0.25, -0.2) is 0 Å². The molecule has 0 saturated heterocycles. The number of aromatic nitrogens is 2. The molecule has 132 valence electrons. The Hall–Kier alpha value is -3.88. The molecule has 3 aromatic rings. The van der Waals surface area contributed by atoms with Crippen LogP contribution in [0.1, 0.15) is 23.1 Å². The standard InChI is InChI=1S/C26H18N2/c1-2-4-25(5-3-1)26(17-10-24-13-20-28-21-14-24)15-8-22(9-16-26)6-7-23-11-18-27-19-12-23/h1-5,8-9,11-15,18-21H,16H2. The van der Waals surface area contributed by atoms with Crippen LogP contribution in [0.25, 0.3) is 0 Å². The van der Waals surface area contributed by atoms with Crippen molar-refractivity contribution in [2.75, 3.05) is 0 Å². The van der Waals surface area contributed by atoms with E-state index in [1.54, 1.807) is 24.8 Å². The van der Waals surface area contributed by atoms with Crippen molar-refractivity contribution >= 4 is 0 Å². The van der Waals surface area contributed by atoms with E-state index >= 15 is 0 Å². The normalized spacial score (nSPS) is 17.5.